The van der Waals surface area contributed by atoms with Gasteiger partial charge in [0.1, 0.15) is 0 Å². The molecule has 0 atom stereocenters. The largest absolute Gasteiger partial charge is 0.399 e. The zero-order chi connectivity index (χ0) is 10.1. The average molecular weight is 189 g/mol. The van der Waals surface area contributed by atoms with Crippen molar-refractivity contribution in [3.05, 3.63) is 30.0 Å². The molecule has 1 aromatic carbocycles. The second-order valence-electron chi connectivity index (χ2n) is 3.40. The van der Waals surface area contributed by atoms with E-state index in [-0.39, 0.29) is 0 Å². The van der Waals surface area contributed by atoms with E-state index in [0.29, 0.717) is 6.54 Å². The summed E-state index contributed by atoms with van der Waals surface area (Å²) in [5, 5.41) is 1.21. The zero-order valence-electron chi connectivity index (χ0n) is 8.33. The van der Waals surface area contributed by atoms with Crippen LogP contribution < -0.4 is 11.5 Å². The molecule has 2 rings (SSSR count). The molecule has 3 nitrogen and oxygen atoms in total. The van der Waals surface area contributed by atoms with Gasteiger partial charge in [0.25, 0.3) is 0 Å². The summed E-state index contributed by atoms with van der Waals surface area (Å²) in [6, 6.07) is 8.08. The Morgan fingerprint density at radius 3 is 2.71 bits per heavy atom. The summed E-state index contributed by atoms with van der Waals surface area (Å²) in [6.07, 6.45) is 0. The van der Waals surface area contributed by atoms with Gasteiger partial charge in [-0.15, -0.1) is 0 Å². The second-order valence-corrected chi connectivity index (χ2v) is 3.40. The van der Waals surface area contributed by atoms with Gasteiger partial charge in [-0.3, -0.25) is 0 Å². The first kappa shape index (κ1) is 9.09. The van der Waals surface area contributed by atoms with E-state index >= 15 is 0 Å². The predicted octanol–water partition coefficient (Wildman–Crippen LogP) is 1.70. The summed E-state index contributed by atoms with van der Waals surface area (Å²) < 4.78 is 2.20. The third-order valence-electron chi connectivity index (χ3n) is 2.54. The van der Waals surface area contributed by atoms with E-state index in [0.717, 1.165) is 17.9 Å². The number of nitrogens with zero attached hydrogens (tertiary/aromatic N) is 1. The molecule has 0 aliphatic carbocycles. The molecule has 4 N–H and O–H groups in total. The van der Waals surface area contributed by atoms with E-state index in [1.165, 1.54) is 10.9 Å². The number of aryl methyl sites for hydroxylation is 1. The smallest absolute Gasteiger partial charge is 0.0503 e. The minimum absolute atomic E-state index is 0.572. The van der Waals surface area contributed by atoms with Gasteiger partial charge in [-0.1, -0.05) is 6.07 Å². The van der Waals surface area contributed by atoms with Crippen LogP contribution in [0, 0.1) is 0 Å². The molecule has 0 spiro atoms. The van der Waals surface area contributed by atoms with Gasteiger partial charge in [-0.05, 0) is 25.1 Å². The number of aromatic nitrogens is 1. The van der Waals surface area contributed by atoms with Crippen LogP contribution in [0.3, 0.4) is 0 Å². The number of hydrogen-bond donors (Lipinski definition) is 2. The number of benzene rings is 1. The van der Waals surface area contributed by atoms with Crippen molar-refractivity contribution < 1.29 is 0 Å². The maximum atomic E-state index is 5.75. The molecule has 1 aromatic heterocycles. The first-order valence-electron chi connectivity index (χ1n) is 4.84. The Kier molecular flexibility index (Phi) is 2.17. The van der Waals surface area contributed by atoms with Gasteiger partial charge in [0.05, 0.1) is 5.52 Å². The molecule has 1 heterocycles. The predicted molar refractivity (Wildman–Crippen MR) is 59.9 cm³/mol. The normalized spacial score (nSPS) is 11.0. The molecule has 0 saturated heterocycles. The van der Waals surface area contributed by atoms with Gasteiger partial charge in [0.2, 0.25) is 0 Å². The van der Waals surface area contributed by atoms with Crippen LogP contribution in [0.4, 0.5) is 5.69 Å². The standard InChI is InChI=1S/C11H15N3/c1-2-14-10(7-12)5-8-3-4-9(13)6-11(8)14/h3-6H,2,7,12-13H2,1H3. The van der Waals surface area contributed by atoms with Crippen LogP contribution in [-0.4, -0.2) is 4.57 Å². The van der Waals surface area contributed by atoms with E-state index in [4.69, 9.17) is 11.5 Å². The van der Waals surface area contributed by atoms with Crippen LogP contribution >= 0.6 is 0 Å². The molecule has 0 amide bonds. The SMILES string of the molecule is CCn1c(CN)cc2ccc(N)cc21. The van der Waals surface area contributed by atoms with E-state index in [1.807, 2.05) is 18.2 Å². The van der Waals surface area contributed by atoms with Crippen molar-refractivity contribution in [2.45, 2.75) is 20.0 Å². The average Bonchev–Trinajstić information content (AvgIpc) is 2.54. The van der Waals surface area contributed by atoms with Crippen LogP contribution in [0.2, 0.25) is 0 Å². The summed E-state index contributed by atoms with van der Waals surface area (Å²) in [7, 11) is 0. The number of rotatable bonds is 2. The Hall–Kier alpha value is -1.48. The lowest BCUT2D eigenvalue weighted by atomic mass is 10.2. The molecule has 0 aliphatic rings. The van der Waals surface area contributed by atoms with Crippen LogP contribution in [0.15, 0.2) is 24.3 Å². The first-order valence-corrected chi connectivity index (χ1v) is 4.84. The molecule has 3 heteroatoms. The van der Waals surface area contributed by atoms with E-state index in [1.54, 1.807) is 0 Å². The van der Waals surface area contributed by atoms with Crippen molar-refractivity contribution in [2.75, 3.05) is 5.73 Å². The Morgan fingerprint density at radius 2 is 2.07 bits per heavy atom. The zero-order valence-corrected chi connectivity index (χ0v) is 8.33. The minimum Gasteiger partial charge on any atom is -0.399 e. The number of hydrogen-bond acceptors (Lipinski definition) is 2. The molecule has 74 valence electrons. The van der Waals surface area contributed by atoms with E-state index in [2.05, 4.69) is 17.6 Å². The highest BCUT2D eigenvalue weighted by Crippen LogP contribution is 2.21. The highest BCUT2D eigenvalue weighted by atomic mass is 15.0. The Balaban J connectivity index is 2.74. The number of nitrogen functional groups attached to an aromatic ring is 1. The summed E-state index contributed by atoms with van der Waals surface area (Å²) >= 11 is 0. The molecule has 0 saturated carbocycles. The number of nitrogens with two attached hydrogens (primary N) is 2. The number of fused-ring (bicyclic) bond motifs is 1. The summed E-state index contributed by atoms with van der Waals surface area (Å²) in [4.78, 5) is 0. The quantitative estimate of drug-likeness (QED) is 0.706. The van der Waals surface area contributed by atoms with Gasteiger partial charge < -0.3 is 16.0 Å². The van der Waals surface area contributed by atoms with Crippen LogP contribution in [0.5, 0.6) is 0 Å². The van der Waals surface area contributed by atoms with Crippen molar-refractivity contribution in [1.82, 2.24) is 4.57 Å². The Labute approximate surface area is 83.3 Å². The van der Waals surface area contributed by atoms with Crippen molar-refractivity contribution in [3.8, 4) is 0 Å². The van der Waals surface area contributed by atoms with Gasteiger partial charge in [-0.25, -0.2) is 0 Å². The summed E-state index contributed by atoms with van der Waals surface area (Å²) in [6.45, 7) is 3.61. The van der Waals surface area contributed by atoms with Gasteiger partial charge in [0, 0.05) is 29.9 Å². The van der Waals surface area contributed by atoms with Crippen LogP contribution in [0.1, 0.15) is 12.6 Å². The van der Waals surface area contributed by atoms with Crippen LogP contribution in [0.25, 0.3) is 10.9 Å². The third kappa shape index (κ3) is 1.26. The molecule has 0 bridgehead atoms. The van der Waals surface area contributed by atoms with Gasteiger partial charge >= 0.3 is 0 Å². The molecule has 0 radical (unpaired) electrons. The lowest BCUT2D eigenvalue weighted by molar-refractivity contribution is 0.739. The minimum atomic E-state index is 0.572. The van der Waals surface area contributed by atoms with Crippen LogP contribution in [-0.2, 0) is 13.1 Å². The molecular formula is C11H15N3. The molecule has 14 heavy (non-hydrogen) atoms. The van der Waals surface area contributed by atoms with Gasteiger partial charge in [0.15, 0.2) is 0 Å². The van der Waals surface area contributed by atoms with Crippen molar-refractivity contribution in [2.24, 2.45) is 5.73 Å². The van der Waals surface area contributed by atoms with Crippen molar-refractivity contribution in [1.29, 1.82) is 0 Å². The Morgan fingerprint density at radius 1 is 1.29 bits per heavy atom. The fraction of sp³-hybridized carbons (Fsp3) is 0.273. The van der Waals surface area contributed by atoms with Crippen molar-refractivity contribution in [3.63, 3.8) is 0 Å². The molecule has 2 aromatic rings. The lowest BCUT2D eigenvalue weighted by Crippen LogP contribution is -2.05. The first-order chi connectivity index (χ1) is 6.76. The molecular weight excluding hydrogens is 174 g/mol. The van der Waals surface area contributed by atoms with Gasteiger partial charge in [-0.2, -0.15) is 0 Å². The highest BCUT2D eigenvalue weighted by molar-refractivity contribution is 5.84. The fourth-order valence-corrected chi connectivity index (χ4v) is 1.87. The van der Waals surface area contributed by atoms with Crippen molar-refractivity contribution >= 4 is 16.6 Å². The topological polar surface area (TPSA) is 57.0 Å². The molecule has 0 unspecified atom stereocenters. The second kappa shape index (κ2) is 3.35. The lowest BCUT2D eigenvalue weighted by Gasteiger charge is -2.05. The third-order valence-corrected chi connectivity index (χ3v) is 2.54. The Bertz CT molecular complexity index is 457. The summed E-state index contributed by atoms with van der Waals surface area (Å²) in [5.41, 5.74) is 14.6. The summed E-state index contributed by atoms with van der Waals surface area (Å²) in [5.74, 6) is 0. The molecule has 0 aliphatic heterocycles. The maximum absolute atomic E-state index is 5.75. The van der Waals surface area contributed by atoms with E-state index in [9.17, 15) is 0 Å². The van der Waals surface area contributed by atoms with E-state index < -0.39 is 0 Å². The fourth-order valence-electron chi connectivity index (χ4n) is 1.87. The monoisotopic (exact) mass is 189 g/mol. The highest BCUT2D eigenvalue weighted by Gasteiger charge is 2.05. The number of anilines is 1. The molecule has 0 fully saturated rings. The maximum Gasteiger partial charge on any atom is 0.0503 e.